The van der Waals surface area contributed by atoms with E-state index < -0.39 is 0 Å². The summed E-state index contributed by atoms with van der Waals surface area (Å²) in [6.07, 6.45) is 1.65. The molecule has 0 saturated carbocycles. The number of nitrogens with zero attached hydrogens (tertiary/aromatic N) is 1. The second kappa shape index (κ2) is 5.80. The number of benzene rings is 1. The number of hydrogen-bond acceptors (Lipinski definition) is 3. The van der Waals surface area contributed by atoms with Crippen molar-refractivity contribution in [3.05, 3.63) is 28.4 Å². The molecule has 3 rings (SSSR count). The van der Waals surface area contributed by atoms with Gasteiger partial charge in [-0.3, -0.25) is 0 Å². The van der Waals surface area contributed by atoms with Gasteiger partial charge in [-0.2, -0.15) is 0 Å². The van der Waals surface area contributed by atoms with Gasteiger partial charge in [0.05, 0.1) is 22.0 Å². The smallest absolute Gasteiger partial charge is 0.160 e. The lowest BCUT2D eigenvalue weighted by molar-refractivity contribution is 0.483. The molecule has 1 saturated heterocycles. The number of fused-ring (bicyclic) bond motifs is 1. The number of halogens is 3. The van der Waals surface area contributed by atoms with Gasteiger partial charge in [-0.15, -0.1) is 12.4 Å². The highest BCUT2D eigenvalue weighted by molar-refractivity contribution is 6.40. The minimum atomic E-state index is 0. The Balaban J connectivity index is 0.00000133. The molecule has 1 aromatic carbocycles. The fourth-order valence-corrected chi connectivity index (χ4v) is 3.10. The SMILES string of the molecule is C[C@@H]1CN(c2c(Cl)cc(Cl)c3ccoc23)CCN1.Cl. The summed E-state index contributed by atoms with van der Waals surface area (Å²) in [7, 11) is 0. The van der Waals surface area contributed by atoms with Crippen LogP contribution < -0.4 is 10.2 Å². The molecule has 1 fully saturated rings. The van der Waals surface area contributed by atoms with Gasteiger partial charge in [0, 0.05) is 31.1 Å². The predicted molar refractivity (Wildman–Crippen MR) is 83.2 cm³/mol. The van der Waals surface area contributed by atoms with Gasteiger partial charge in [0.15, 0.2) is 5.58 Å². The highest BCUT2D eigenvalue weighted by Gasteiger charge is 2.22. The summed E-state index contributed by atoms with van der Waals surface area (Å²) in [4.78, 5) is 2.26. The lowest BCUT2D eigenvalue weighted by Gasteiger charge is -2.34. The molecule has 0 amide bonds. The molecule has 1 N–H and O–H groups in total. The third kappa shape index (κ3) is 2.65. The summed E-state index contributed by atoms with van der Waals surface area (Å²) in [6.45, 7) is 4.94. The monoisotopic (exact) mass is 320 g/mol. The molecule has 0 aliphatic carbocycles. The Bertz CT molecular complexity index is 585. The Morgan fingerprint density at radius 3 is 2.89 bits per heavy atom. The van der Waals surface area contributed by atoms with Gasteiger partial charge in [-0.05, 0) is 19.1 Å². The van der Waals surface area contributed by atoms with Crippen molar-refractivity contribution in [2.75, 3.05) is 24.5 Å². The second-order valence-electron chi connectivity index (χ2n) is 4.65. The zero-order valence-corrected chi connectivity index (χ0v) is 12.8. The molecule has 0 spiro atoms. The molecular weight excluding hydrogens is 307 g/mol. The van der Waals surface area contributed by atoms with Gasteiger partial charge in [0.2, 0.25) is 0 Å². The first-order chi connectivity index (χ1) is 8.66. The summed E-state index contributed by atoms with van der Waals surface area (Å²) in [5, 5.41) is 5.62. The normalized spacial score (nSPS) is 19.5. The van der Waals surface area contributed by atoms with Crippen molar-refractivity contribution in [2.24, 2.45) is 0 Å². The minimum absolute atomic E-state index is 0. The molecule has 2 heterocycles. The average molecular weight is 322 g/mol. The van der Waals surface area contributed by atoms with Gasteiger partial charge >= 0.3 is 0 Å². The van der Waals surface area contributed by atoms with Crippen LogP contribution >= 0.6 is 35.6 Å². The van der Waals surface area contributed by atoms with E-state index in [2.05, 4.69) is 17.1 Å². The van der Waals surface area contributed by atoms with Crippen LogP contribution in [-0.2, 0) is 0 Å². The molecular formula is C13H15Cl3N2O. The summed E-state index contributed by atoms with van der Waals surface area (Å²) in [5.74, 6) is 0. The van der Waals surface area contributed by atoms with E-state index >= 15 is 0 Å². The van der Waals surface area contributed by atoms with Crippen LogP contribution in [0.5, 0.6) is 0 Å². The molecule has 1 aliphatic rings. The second-order valence-corrected chi connectivity index (χ2v) is 5.47. The quantitative estimate of drug-likeness (QED) is 0.862. The number of nitrogens with one attached hydrogen (secondary N) is 1. The molecule has 0 bridgehead atoms. The lowest BCUT2D eigenvalue weighted by Crippen LogP contribution is -2.49. The zero-order chi connectivity index (χ0) is 12.7. The molecule has 2 aromatic rings. The van der Waals surface area contributed by atoms with Crippen LogP contribution in [0.1, 0.15) is 6.92 Å². The fraction of sp³-hybridized carbons (Fsp3) is 0.385. The van der Waals surface area contributed by atoms with E-state index in [1.54, 1.807) is 12.3 Å². The first-order valence-corrected chi connectivity index (χ1v) is 6.76. The van der Waals surface area contributed by atoms with E-state index in [4.69, 9.17) is 27.6 Å². The van der Waals surface area contributed by atoms with E-state index in [0.717, 1.165) is 36.3 Å². The van der Waals surface area contributed by atoms with E-state index in [0.29, 0.717) is 16.1 Å². The van der Waals surface area contributed by atoms with Crippen LogP contribution in [0, 0.1) is 0 Å². The van der Waals surface area contributed by atoms with Gasteiger partial charge < -0.3 is 14.6 Å². The minimum Gasteiger partial charge on any atom is -0.462 e. The van der Waals surface area contributed by atoms with Crippen molar-refractivity contribution in [1.29, 1.82) is 0 Å². The number of hydrogen-bond donors (Lipinski definition) is 1. The Labute approximate surface area is 128 Å². The summed E-state index contributed by atoms with van der Waals surface area (Å²) >= 11 is 12.5. The highest BCUT2D eigenvalue weighted by atomic mass is 35.5. The summed E-state index contributed by atoms with van der Waals surface area (Å²) in [6, 6.07) is 4.11. The maximum atomic E-state index is 6.34. The molecule has 19 heavy (non-hydrogen) atoms. The first kappa shape index (κ1) is 14.8. The van der Waals surface area contributed by atoms with Gasteiger partial charge in [-0.25, -0.2) is 0 Å². The Kier molecular flexibility index (Phi) is 4.51. The van der Waals surface area contributed by atoms with Crippen molar-refractivity contribution in [3.63, 3.8) is 0 Å². The van der Waals surface area contributed by atoms with Gasteiger partial charge in [-0.1, -0.05) is 23.2 Å². The van der Waals surface area contributed by atoms with E-state index in [1.165, 1.54) is 0 Å². The van der Waals surface area contributed by atoms with Crippen molar-refractivity contribution < 1.29 is 4.42 Å². The highest BCUT2D eigenvalue weighted by Crippen LogP contribution is 2.39. The summed E-state index contributed by atoms with van der Waals surface area (Å²) in [5.41, 5.74) is 1.73. The molecule has 6 heteroatoms. The average Bonchev–Trinajstić information content (AvgIpc) is 2.78. The number of piperazine rings is 1. The third-order valence-corrected chi connectivity index (χ3v) is 3.90. The van der Waals surface area contributed by atoms with E-state index in [1.807, 2.05) is 6.07 Å². The van der Waals surface area contributed by atoms with Crippen molar-refractivity contribution >= 4 is 52.3 Å². The largest absolute Gasteiger partial charge is 0.462 e. The predicted octanol–water partition coefficient (Wildman–Crippen LogP) is 3.96. The first-order valence-electron chi connectivity index (χ1n) is 6.00. The van der Waals surface area contributed by atoms with E-state index in [-0.39, 0.29) is 12.4 Å². The van der Waals surface area contributed by atoms with Gasteiger partial charge in [0.1, 0.15) is 0 Å². The van der Waals surface area contributed by atoms with Crippen molar-refractivity contribution in [1.82, 2.24) is 5.32 Å². The molecule has 1 atom stereocenters. The number of furan rings is 1. The molecule has 1 aromatic heterocycles. The molecule has 0 radical (unpaired) electrons. The van der Waals surface area contributed by atoms with Crippen LogP contribution in [-0.4, -0.2) is 25.7 Å². The van der Waals surface area contributed by atoms with Crippen LogP contribution in [0.4, 0.5) is 5.69 Å². The molecule has 3 nitrogen and oxygen atoms in total. The van der Waals surface area contributed by atoms with Crippen molar-refractivity contribution in [3.8, 4) is 0 Å². The maximum absolute atomic E-state index is 6.34. The fourth-order valence-electron chi connectivity index (χ4n) is 2.48. The van der Waals surface area contributed by atoms with Gasteiger partial charge in [0.25, 0.3) is 0 Å². The molecule has 1 aliphatic heterocycles. The Hall–Kier alpha value is -0.610. The van der Waals surface area contributed by atoms with Crippen LogP contribution in [0.3, 0.4) is 0 Å². The van der Waals surface area contributed by atoms with Crippen LogP contribution in [0.25, 0.3) is 11.0 Å². The standard InChI is InChI=1S/C13H14Cl2N2O.ClH/c1-8-7-17(4-3-16-8)12-11(15)6-10(14)9-2-5-18-13(9)12;/h2,5-6,8,16H,3-4,7H2,1H3;1H/t8-;/m1./s1. The third-order valence-electron chi connectivity index (χ3n) is 3.30. The van der Waals surface area contributed by atoms with Crippen LogP contribution in [0.2, 0.25) is 10.0 Å². The molecule has 0 unspecified atom stereocenters. The molecule has 104 valence electrons. The topological polar surface area (TPSA) is 28.4 Å². The van der Waals surface area contributed by atoms with E-state index in [9.17, 15) is 0 Å². The lowest BCUT2D eigenvalue weighted by atomic mass is 10.1. The van der Waals surface area contributed by atoms with Crippen molar-refractivity contribution in [2.45, 2.75) is 13.0 Å². The Morgan fingerprint density at radius 2 is 2.16 bits per heavy atom. The summed E-state index contributed by atoms with van der Waals surface area (Å²) < 4.78 is 5.57. The Morgan fingerprint density at radius 1 is 1.37 bits per heavy atom. The maximum Gasteiger partial charge on any atom is 0.160 e. The number of rotatable bonds is 1. The zero-order valence-electron chi connectivity index (χ0n) is 10.5. The number of anilines is 1. The van der Waals surface area contributed by atoms with Crippen LogP contribution in [0.15, 0.2) is 22.8 Å².